The summed E-state index contributed by atoms with van der Waals surface area (Å²) in [6.45, 7) is -0.336. The lowest BCUT2D eigenvalue weighted by atomic mass is 10.1. The third-order valence-electron chi connectivity index (χ3n) is 3.23. The number of hydrogen-bond acceptors (Lipinski definition) is 7. The fraction of sp³-hybridized carbons (Fsp3) is 0.125. The van der Waals surface area contributed by atoms with Gasteiger partial charge < -0.3 is 14.6 Å². The van der Waals surface area contributed by atoms with Crippen molar-refractivity contribution in [3.05, 3.63) is 53.4 Å². The van der Waals surface area contributed by atoms with Gasteiger partial charge in [-0.25, -0.2) is 5.43 Å². The Bertz CT molecular complexity index is 928. The molecule has 12 heteroatoms. The number of rotatable bonds is 7. The number of benzene rings is 2. The molecular weight excluding hydrogens is 570 g/mol. The molecule has 0 aliphatic carbocycles. The minimum Gasteiger partial charge on any atom is -0.504 e. The molecule has 2 rings (SSSR count). The van der Waals surface area contributed by atoms with E-state index >= 15 is 0 Å². The lowest BCUT2D eigenvalue weighted by Crippen LogP contribution is -2.24. The minimum atomic E-state index is -0.715. The van der Waals surface area contributed by atoms with Gasteiger partial charge in [0.05, 0.1) is 32.8 Å². The number of ether oxygens (including phenoxy) is 2. The Hall–Kier alpha value is -2.18. The first-order valence-electron chi connectivity index (χ1n) is 7.38. The molecule has 0 bridgehead atoms. The summed E-state index contributed by atoms with van der Waals surface area (Å²) in [7, 11) is 1.19. The number of phenolic OH excluding ortho intramolecular Hbond substituents is 1. The molecule has 0 heterocycles. The van der Waals surface area contributed by atoms with E-state index in [2.05, 4.69) is 58.3 Å². The van der Waals surface area contributed by atoms with E-state index in [-0.39, 0.29) is 23.7 Å². The van der Waals surface area contributed by atoms with Crippen molar-refractivity contribution in [3.63, 3.8) is 0 Å². The molecule has 0 spiro atoms. The van der Waals surface area contributed by atoms with Crippen LogP contribution in [-0.2, 0) is 4.79 Å². The molecule has 0 saturated heterocycles. The number of hydrogen-bond donors (Lipinski definition) is 2. The number of halogens is 3. The van der Waals surface area contributed by atoms with Gasteiger partial charge in [-0.05, 0) is 56.1 Å². The predicted octanol–water partition coefficient (Wildman–Crippen LogP) is 4.13. The van der Waals surface area contributed by atoms with Crippen molar-refractivity contribution in [3.8, 4) is 17.2 Å². The molecule has 0 unspecified atom stereocenters. The van der Waals surface area contributed by atoms with Gasteiger partial charge in [0.25, 0.3) is 5.91 Å². The van der Waals surface area contributed by atoms with Crippen LogP contribution in [0.25, 0.3) is 0 Å². The van der Waals surface area contributed by atoms with Crippen LogP contribution in [-0.4, -0.2) is 35.9 Å². The van der Waals surface area contributed by atoms with Gasteiger partial charge in [0.1, 0.15) is 5.75 Å². The topological polar surface area (TPSA) is 123 Å². The Balaban J connectivity index is 2.06. The molecule has 148 valence electrons. The normalized spacial score (nSPS) is 10.7. The summed E-state index contributed by atoms with van der Waals surface area (Å²) in [5, 5.41) is 24.6. The zero-order chi connectivity index (χ0) is 20.8. The number of nitrogens with one attached hydrogen (secondary N) is 1. The molecule has 0 aliphatic rings. The van der Waals surface area contributed by atoms with Crippen LogP contribution in [0.2, 0.25) is 0 Å². The Labute approximate surface area is 184 Å². The molecule has 0 radical (unpaired) electrons. The van der Waals surface area contributed by atoms with E-state index in [4.69, 9.17) is 9.47 Å². The van der Waals surface area contributed by atoms with Crippen LogP contribution in [0.5, 0.6) is 17.2 Å². The van der Waals surface area contributed by atoms with Crippen LogP contribution in [0, 0.1) is 10.1 Å². The van der Waals surface area contributed by atoms with Crippen molar-refractivity contribution in [1.82, 2.24) is 5.43 Å². The summed E-state index contributed by atoms with van der Waals surface area (Å²) < 4.78 is 12.4. The fourth-order valence-corrected chi connectivity index (χ4v) is 4.57. The van der Waals surface area contributed by atoms with Crippen molar-refractivity contribution in [2.75, 3.05) is 13.7 Å². The van der Waals surface area contributed by atoms with E-state index < -0.39 is 16.5 Å². The van der Waals surface area contributed by atoms with Gasteiger partial charge in [-0.2, -0.15) is 5.10 Å². The first kappa shape index (κ1) is 22.1. The van der Waals surface area contributed by atoms with Crippen LogP contribution in [0.15, 0.2) is 42.8 Å². The maximum absolute atomic E-state index is 11.9. The van der Waals surface area contributed by atoms with Gasteiger partial charge in [0.2, 0.25) is 5.75 Å². The van der Waals surface area contributed by atoms with Gasteiger partial charge in [-0.15, -0.1) is 0 Å². The molecule has 2 aromatic carbocycles. The van der Waals surface area contributed by atoms with Gasteiger partial charge in [-0.3, -0.25) is 14.9 Å². The number of methoxy groups -OCH3 is 1. The second-order valence-electron chi connectivity index (χ2n) is 5.09. The van der Waals surface area contributed by atoms with Crippen molar-refractivity contribution in [2.24, 2.45) is 5.10 Å². The maximum Gasteiger partial charge on any atom is 0.323 e. The average molecular weight is 582 g/mol. The molecule has 0 aliphatic heterocycles. The fourth-order valence-electron chi connectivity index (χ4n) is 2.08. The van der Waals surface area contributed by atoms with Gasteiger partial charge in [0.15, 0.2) is 12.4 Å². The number of carbonyl (C=O) groups excluding carboxylic acids is 1. The average Bonchev–Trinajstić information content (AvgIpc) is 2.61. The van der Waals surface area contributed by atoms with E-state index in [1.165, 1.54) is 19.2 Å². The van der Waals surface area contributed by atoms with Crippen LogP contribution in [0.4, 0.5) is 5.69 Å². The number of carbonyl (C=O) groups is 1. The predicted molar refractivity (Wildman–Crippen MR) is 112 cm³/mol. The Morgan fingerprint density at radius 2 is 1.93 bits per heavy atom. The van der Waals surface area contributed by atoms with Crippen LogP contribution in [0.1, 0.15) is 5.56 Å². The molecule has 2 aromatic rings. The number of amides is 1. The molecule has 1 amide bonds. The second-order valence-corrected chi connectivity index (χ2v) is 7.72. The molecule has 28 heavy (non-hydrogen) atoms. The van der Waals surface area contributed by atoms with Crippen LogP contribution in [0.3, 0.4) is 0 Å². The Morgan fingerprint density at radius 1 is 1.29 bits per heavy atom. The summed E-state index contributed by atoms with van der Waals surface area (Å²) in [5.74, 6) is -0.824. The van der Waals surface area contributed by atoms with Crippen LogP contribution >= 0.6 is 47.8 Å². The molecule has 0 aromatic heterocycles. The molecule has 0 saturated carbocycles. The smallest absolute Gasteiger partial charge is 0.323 e. The first-order valence-corrected chi connectivity index (χ1v) is 9.76. The number of phenols is 1. The largest absolute Gasteiger partial charge is 0.504 e. The van der Waals surface area contributed by atoms with Crippen molar-refractivity contribution in [1.29, 1.82) is 0 Å². The SMILES string of the molecule is COc1c(O)ccc(/C=N/NC(=O)COc2c(Br)cc(Br)cc2Br)c1[N+](=O)[O-]. The van der Waals surface area contributed by atoms with Crippen molar-refractivity contribution < 1.29 is 24.3 Å². The molecule has 0 fully saturated rings. The highest BCUT2D eigenvalue weighted by Crippen LogP contribution is 2.38. The summed E-state index contributed by atoms with van der Waals surface area (Å²) in [5.41, 5.74) is 1.78. The van der Waals surface area contributed by atoms with Crippen molar-refractivity contribution >= 4 is 65.6 Å². The number of hydrazone groups is 1. The highest BCUT2D eigenvalue weighted by atomic mass is 79.9. The lowest BCUT2D eigenvalue weighted by Gasteiger charge is -2.10. The molecule has 2 N–H and O–H groups in total. The molecular formula is C16H12Br3N3O6. The minimum absolute atomic E-state index is 0.0410. The third kappa shape index (κ3) is 5.42. The highest BCUT2D eigenvalue weighted by molar-refractivity contribution is 9.11. The number of nitro groups is 1. The van der Waals surface area contributed by atoms with E-state index in [1.54, 1.807) is 12.1 Å². The summed E-state index contributed by atoms with van der Waals surface area (Å²) >= 11 is 9.99. The zero-order valence-electron chi connectivity index (χ0n) is 14.1. The Kier molecular flexibility index (Phi) is 7.78. The molecule has 9 nitrogen and oxygen atoms in total. The maximum atomic E-state index is 11.9. The third-order valence-corrected chi connectivity index (χ3v) is 4.87. The van der Waals surface area contributed by atoms with E-state index in [0.29, 0.717) is 14.7 Å². The van der Waals surface area contributed by atoms with E-state index in [0.717, 1.165) is 10.7 Å². The highest BCUT2D eigenvalue weighted by Gasteiger charge is 2.23. The molecule has 0 atom stereocenters. The van der Waals surface area contributed by atoms with Gasteiger partial charge in [-0.1, -0.05) is 15.9 Å². The monoisotopic (exact) mass is 579 g/mol. The number of nitrogens with zero attached hydrogens (tertiary/aromatic N) is 2. The number of aromatic hydroxyl groups is 1. The zero-order valence-corrected chi connectivity index (χ0v) is 18.9. The lowest BCUT2D eigenvalue weighted by molar-refractivity contribution is -0.386. The van der Waals surface area contributed by atoms with Crippen LogP contribution < -0.4 is 14.9 Å². The Morgan fingerprint density at radius 3 is 2.50 bits per heavy atom. The summed E-state index contributed by atoms with van der Waals surface area (Å²) in [6, 6.07) is 6.01. The standard InChI is InChI=1S/C16H12Br3N3O6/c1-27-16-12(23)3-2-8(14(16)22(25)26)6-20-21-13(24)7-28-15-10(18)4-9(17)5-11(15)19/h2-6,23H,7H2,1H3,(H,21,24)/b20-6+. The number of nitro benzene ring substituents is 1. The van der Waals surface area contributed by atoms with E-state index in [1.807, 2.05) is 0 Å². The van der Waals surface area contributed by atoms with Gasteiger partial charge in [0, 0.05) is 4.47 Å². The quantitative estimate of drug-likeness (QED) is 0.288. The first-order chi connectivity index (χ1) is 13.2. The van der Waals surface area contributed by atoms with Crippen molar-refractivity contribution in [2.45, 2.75) is 0 Å². The van der Waals surface area contributed by atoms with Gasteiger partial charge >= 0.3 is 5.69 Å². The van der Waals surface area contributed by atoms with E-state index in [9.17, 15) is 20.0 Å². The second kappa shape index (κ2) is 9.85. The summed E-state index contributed by atoms with van der Waals surface area (Å²) in [4.78, 5) is 22.4. The summed E-state index contributed by atoms with van der Waals surface area (Å²) in [6.07, 6.45) is 1.07.